The molecule has 0 aliphatic heterocycles. The van der Waals surface area contributed by atoms with Gasteiger partial charge in [-0.05, 0) is 96.8 Å². The highest BCUT2D eigenvalue weighted by atomic mass is 32.2. The van der Waals surface area contributed by atoms with Crippen molar-refractivity contribution in [2.24, 2.45) is 10.1 Å². The van der Waals surface area contributed by atoms with E-state index in [4.69, 9.17) is 4.99 Å². The average molecular weight is 774 g/mol. The fourth-order valence-electron chi connectivity index (χ4n) is 5.02. The summed E-state index contributed by atoms with van der Waals surface area (Å²) in [5, 5.41) is 9.38. The van der Waals surface area contributed by atoms with Crippen molar-refractivity contribution in [1.82, 2.24) is 20.2 Å². The maximum absolute atomic E-state index is 13.2. The number of nitrogens with one attached hydrogen (secondary N) is 2. The zero-order chi connectivity index (χ0) is 38.3. The Morgan fingerprint density at radius 2 is 1.56 bits per heavy atom. The summed E-state index contributed by atoms with van der Waals surface area (Å²) in [5.41, 5.74) is 8.92. The van der Waals surface area contributed by atoms with E-state index in [2.05, 4.69) is 30.1 Å². The number of aliphatic imine (C=N–C) groups is 1. The third-order valence-corrected chi connectivity index (χ3v) is 10.1. The fraction of sp³-hybridized carbons (Fsp3) is 0.105. The number of sulfonamides is 1. The number of nitrogens with zero attached hydrogens (tertiary/aromatic N) is 5. The number of halogens is 4. The van der Waals surface area contributed by atoms with Crippen LogP contribution >= 0.6 is 11.8 Å². The number of ether oxygens (including phenoxy) is 1. The highest BCUT2D eigenvalue weighted by Crippen LogP contribution is 2.27. The van der Waals surface area contributed by atoms with Gasteiger partial charge in [0, 0.05) is 17.0 Å². The van der Waals surface area contributed by atoms with E-state index in [0.717, 1.165) is 27.9 Å². The summed E-state index contributed by atoms with van der Waals surface area (Å²) in [4.78, 5) is 9.25. The second-order valence-corrected chi connectivity index (χ2v) is 14.4. The maximum Gasteiger partial charge on any atom is 0.573 e. The summed E-state index contributed by atoms with van der Waals surface area (Å²) in [7, 11) is -3.87. The van der Waals surface area contributed by atoms with Crippen molar-refractivity contribution in [2.45, 2.75) is 30.9 Å². The van der Waals surface area contributed by atoms with Gasteiger partial charge in [-0.2, -0.15) is 5.10 Å². The zero-order valence-corrected chi connectivity index (χ0v) is 30.3. The summed E-state index contributed by atoms with van der Waals surface area (Å²) >= 11 is 1.39. The standard InChI is InChI=1S/C38H31F4N7O3S2/c1-25-4-3-5-26(2)35(25)45-37(53-23-28-8-20-34(21-9-28)54(50,51)48-31-14-12-30(39)13-15-31)46-44-22-27-6-10-29(11-7-27)36-43-24-49(47-36)32-16-18-33(19-17-32)52-38(40,41)42/h3-22,24,48H,23H2,1-2H3,(H,45,46)/b44-22+. The molecule has 16 heteroatoms. The van der Waals surface area contributed by atoms with E-state index in [0.29, 0.717) is 28.0 Å². The van der Waals surface area contributed by atoms with Crippen LogP contribution in [0.5, 0.6) is 5.75 Å². The number of para-hydroxylation sites is 1. The van der Waals surface area contributed by atoms with Crippen LogP contribution in [0.3, 0.4) is 0 Å². The summed E-state index contributed by atoms with van der Waals surface area (Å²) < 4.78 is 84.2. The summed E-state index contributed by atoms with van der Waals surface area (Å²) in [6.07, 6.45) is -1.68. The number of hydrogen-bond donors (Lipinski definition) is 2. The Balaban J connectivity index is 1.11. The smallest absolute Gasteiger partial charge is 0.406 e. The van der Waals surface area contributed by atoms with Crippen molar-refractivity contribution in [2.75, 3.05) is 4.72 Å². The minimum Gasteiger partial charge on any atom is -0.406 e. The highest BCUT2D eigenvalue weighted by molar-refractivity contribution is 8.13. The quantitative estimate of drug-likeness (QED) is 0.0584. The van der Waals surface area contributed by atoms with Crippen LogP contribution in [0.25, 0.3) is 17.1 Å². The molecule has 0 amide bonds. The van der Waals surface area contributed by atoms with Crippen LogP contribution in [0, 0.1) is 19.7 Å². The summed E-state index contributed by atoms with van der Waals surface area (Å²) in [6.45, 7) is 3.94. The lowest BCUT2D eigenvalue weighted by molar-refractivity contribution is -0.274. The second kappa shape index (κ2) is 16.3. The van der Waals surface area contributed by atoms with Gasteiger partial charge < -0.3 is 4.74 Å². The topological polar surface area (TPSA) is 123 Å². The predicted molar refractivity (Wildman–Crippen MR) is 202 cm³/mol. The third-order valence-electron chi connectivity index (χ3n) is 7.73. The molecule has 0 atom stereocenters. The van der Waals surface area contributed by atoms with E-state index in [-0.39, 0.29) is 16.3 Å². The van der Waals surface area contributed by atoms with Gasteiger partial charge in [0.05, 0.1) is 22.5 Å². The Labute approximate surface area is 312 Å². The monoisotopic (exact) mass is 773 g/mol. The molecular weight excluding hydrogens is 743 g/mol. The normalized spacial score (nSPS) is 12.2. The first-order valence-electron chi connectivity index (χ1n) is 16.1. The van der Waals surface area contributed by atoms with E-state index in [9.17, 15) is 26.0 Å². The Bertz CT molecular complexity index is 2360. The number of hydrogen-bond acceptors (Lipinski definition) is 8. The number of hydrazone groups is 1. The van der Waals surface area contributed by atoms with Crippen LogP contribution in [0.15, 0.2) is 137 Å². The van der Waals surface area contributed by atoms with Crippen molar-refractivity contribution < 1.29 is 30.7 Å². The van der Waals surface area contributed by atoms with Crippen LogP contribution in [0.4, 0.5) is 28.9 Å². The first-order valence-corrected chi connectivity index (χ1v) is 18.6. The Morgan fingerprint density at radius 3 is 2.20 bits per heavy atom. The minimum absolute atomic E-state index is 0.0658. The fourth-order valence-corrected chi connectivity index (χ4v) is 6.85. The highest BCUT2D eigenvalue weighted by Gasteiger charge is 2.31. The molecule has 2 N–H and O–H groups in total. The molecule has 1 heterocycles. The molecule has 10 nitrogen and oxygen atoms in total. The predicted octanol–water partition coefficient (Wildman–Crippen LogP) is 8.93. The lowest BCUT2D eigenvalue weighted by Crippen LogP contribution is -2.17. The Kier molecular flexibility index (Phi) is 11.4. The van der Waals surface area contributed by atoms with Gasteiger partial charge in [0.2, 0.25) is 0 Å². The van der Waals surface area contributed by atoms with Gasteiger partial charge in [-0.15, -0.1) is 18.3 Å². The molecule has 0 saturated carbocycles. The number of benzene rings is 5. The number of alkyl halides is 3. The van der Waals surface area contributed by atoms with Gasteiger partial charge in [-0.1, -0.05) is 66.4 Å². The van der Waals surface area contributed by atoms with Crippen LogP contribution in [0.1, 0.15) is 22.3 Å². The van der Waals surface area contributed by atoms with E-state index < -0.39 is 22.2 Å². The van der Waals surface area contributed by atoms with Crippen LogP contribution < -0.4 is 14.9 Å². The summed E-state index contributed by atoms with van der Waals surface area (Å²) in [5.74, 6) is 0.0751. The number of anilines is 1. The molecule has 0 radical (unpaired) electrons. The van der Waals surface area contributed by atoms with Gasteiger partial charge >= 0.3 is 6.36 Å². The molecular formula is C38H31F4N7O3S2. The molecule has 0 spiro atoms. The minimum atomic E-state index is -4.78. The number of amidine groups is 1. The average Bonchev–Trinajstić information content (AvgIpc) is 3.63. The Hall–Kier alpha value is -6.00. The lowest BCUT2D eigenvalue weighted by Gasteiger charge is -2.10. The molecule has 0 saturated heterocycles. The van der Waals surface area contributed by atoms with Gasteiger partial charge in [-0.3, -0.25) is 10.1 Å². The number of aryl methyl sites for hydroxylation is 2. The zero-order valence-electron chi connectivity index (χ0n) is 28.6. The lowest BCUT2D eigenvalue weighted by atomic mass is 10.1. The molecule has 276 valence electrons. The van der Waals surface area contributed by atoms with Crippen molar-refractivity contribution in [3.63, 3.8) is 0 Å². The van der Waals surface area contributed by atoms with Gasteiger partial charge in [0.15, 0.2) is 11.0 Å². The van der Waals surface area contributed by atoms with E-state index in [1.165, 1.54) is 83.4 Å². The van der Waals surface area contributed by atoms with Crippen molar-refractivity contribution in [1.29, 1.82) is 0 Å². The van der Waals surface area contributed by atoms with Crippen molar-refractivity contribution in [3.8, 4) is 22.8 Å². The molecule has 6 aromatic rings. The van der Waals surface area contributed by atoms with E-state index in [1.54, 1.807) is 18.3 Å². The van der Waals surface area contributed by atoms with Crippen molar-refractivity contribution in [3.05, 3.63) is 150 Å². The number of rotatable bonds is 11. The maximum atomic E-state index is 13.2. The number of aromatic nitrogens is 3. The third kappa shape index (κ3) is 10.1. The van der Waals surface area contributed by atoms with E-state index >= 15 is 0 Å². The summed E-state index contributed by atoms with van der Waals surface area (Å²) in [6, 6.07) is 30.0. The first-order chi connectivity index (χ1) is 25.8. The molecule has 0 aliphatic carbocycles. The second-order valence-electron chi connectivity index (χ2n) is 11.7. The van der Waals surface area contributed by atoms with Crippen LogP contribution in [-0.2, 0) is 15.8 Å². The molecule has 0 bridgehead atoms. The van der Waals surface area contributed by atoms with Gasteiger partial charge in [0.25, 0.3) is 10.0 Å². The van der Waals surface area contributed by atoms with Gasteiger partial charge in [-0.25, -0.2) is 27.5 Å². The Morgan fingerprint density at radius 1 is 0.889 bits per heavy atom. The molecule has 0 unspecified atom stereocenters. The largest absolute Gasteiger partial charge is 0.573 e. The SMILES string of the molecule is Cc1cccc(C)c1/N=C(/N/N=C/c1ccc(-c2ncn(-c3ccc(OC(F)(F)F)cc3)n2)cc1)SCc1ccc(S(=O)(=O)Nc2ccc(F)cc2)cc1. The van der Waals surface area contributed by atoms with Gasteiger partial charge in [0.1, 0.15) is 17.9 Å². The van der Waals surface area contributed by atoms with Crippen LogP contribution in [0.2, 0.25) is 0 Å². The van der Waals surface area contributed by atoms with E-state index in [1.807, 2.05) is 56.3 Å². The molecule has 54 heavy (non-hydrogen) atoms. The van der Waals surface area contributed by atoms with Crippen molar-refractivity contribution >= 4 is 44.5 Å². The molecule has 0 aliphatic rings. The molecule has 0 fully saturated rings. The van der Waals surface area contributed by atoms with Crippen LogP contribution in [-0.4, -0.2) is 40.9 Å². The molecule has 5 aromatic carbocycles. The molecule has 6 rings (SSSR count). The number of thioether (sulfide) groups is 1. The molecule has 1 aromatic heterocycles. The first kappa shape index (κ1) is 37.7.